The second-order valence-electron chi connectivity index (χ2n) is 5.27. The fourth-order valence-electron chi connectivity index (χ4n) is 2.36. The molecule has 0 radical (unpaired) electrons. The zero-order chi connectivity index (χ0) is 17.3. The minimum absolute atomic E-state index is 0.278. The number of hydrogen-bond acceptors (Lipinski definition) is 8. The number of anilines is 1. The lowest BCUT2D eigenvalue weighted by Gasteiger charge is -2.16. The molecule has 0 fully saturated rings. The van der Waals surface area contributed by atoms with Gasteiger partial charge < -0.3 is 9.64 Å². The van der Waals surface area contributed by atoms with Crippen LogP contribution in [0.15, 0.2) is 6.07 Å². The van der Waals surface area contributed by atoms with Gasteiger partial charge >= 0.3 is 5.97 Å². The van der Waals surface area contributed by atoms with E-state index in [0.717, 1.165) is 43.3 Å². The van der Waals surface area contributed by atoms with Crippen LogP contribution in [-0.2, 0) is 11.3 Å². The minimum Gasteiger partial charge on any atom is -0.456 e. The lowest BCUT2D eigenvalue weighted by atomic mass is 10.4. The van der Waals surface area contributed by atoms with Gasteiger partial charge in [0.15, 0.2) is 5.13 Å². The maximum atomic E-state index is 12.3. The topological polar surface area (TPSA) is 55.3 Å². The summed E-state index contributed by atoms with van der Waals surface area (Å²) in [5.74, 6) is -0.292. The summed E-state index contributed by atoms with van der Waals surface area (Å²) in [5, 5.41) is 2.00. The Morgan fingerprint density at radius 1 is 1.17 bits per heavy atom. The number of aromatic nitrogens is 2. The average Bonchev–Trinajstić information content (AvgIpc) is 3.19. The molecule has 3 aromatic rings. The van der Waals surface area contributed by atoms with Gasteiger partial charge in [-0.05, 0) is 33.8 Å². The first-order valence-electron chi connectivity index (χ1n) is 7.77. The number of esters is 1. The summed E-state index contributed by atoms with van der Waals surface area (Å²) in [7, 11) is 0. The van der Waals surface area contributed by atoms with Crippen LogP contribution in [0.3, 0.4) is 0 Å². The number of hydrogen-bond donors (Lipinski definition) is 0. The molecule has 0 bridgehead atoms. The standard InChI is InChI=1S/C16H19N3O2S3/c1-5-19(6-2)16-18-14-11(24-16)7-12(23-14)15(20)21-8-13-9(3)17-10(4)22-13/h7H,5-6,8H2,1-4H3. The number of thiazole rings is 2. The Balaban J connectivity index is 1.71. The maximum absolute atomic E-state index is 12.3. The summed E-state index contributed by atoms with van der Waals surface area (Å²) < 4.78 is 6.48. The van der Waals surface area contributed by atoms with Gasteiger partial charge in [-0.25, -0.2) is 14.8 Å². The molecule has 0 amide bonds. The van der Waals surface area contributed by atoms with Crippen molar-refractivity contribution in [2.45, 2.75) is 34.3 Å². The van der Waals surface area contributed by atoms with Gasteiger partial charge in [-0.3, -0.25) is 0 Å². The summed E-state index contributed by atoms with van der Waals surface area (Å²) in [6, 6.07) is 1.89. The van der Waals surface area contributed by atoms with Crippen molar-refractivity contribution >= 4 is 54.6 Å². The number of carbonyl (C=O) groups is 1. The lowest BCUT2D eigenvalue weighted by Crippen LogP contribution is -2.21. The molecule has 24 heavy (non-hydrogen) atoms. The lowest BCUT2D eigenvalue weighted by molar-refractivity contribution is 0.0482. The van der Waals surface area contributed by atoms with Crippen molar-refractivity contribution in [3.8, 4) is 0 Å². The predicted molar refractivity (Wildman–Crippen MR) is 102 cm³/mol. The molecule has 0 aliphatic rings. The normalized spacial score (nSPS) is 11.2. The van der Waals surface area contributed by atoms with Crippen LogP contribution in [0.4, 0.5) is 5.13 Å². The van der Waals surface area contributed by atoms with Crippen LogP contribution in [-0.4, -0.2) is 29.0 Å². The molecule has 0 aliphatic heterocycles. The summed E-state index contributed by atoms with van der Waals surface area (Å²) >= 11 is 4.59. The smallest absolute Gasteiger partial charge is 0.348 e. The molecule has 3 aromatic heterocycles. The molecule has 3 heterocycles. The number of aryl methyl sites for hydroxylation is 2. The molecular formula is C16H19N3O2S3. The van der Waals surface area contributed by atoms with Crippen molar-refractivity contribution in [1.82, 2.24) is 9.97 Å². The molecule has 0 saturated carbocycles. The number of rotatable bonds is 6. The molecule has 3 rings (SSSR count). The van der Waals surface area contributed by atoms with E-state index in [2.05, 4.69) is 28.7 Å². The Hall–Kier alpha value is -1.51. The number of fused-ring (bicyclic) bond motifs is 1. The highest BCUT2D eigenvalue weighted by Crippen LogP contribution is 2.35. The molecule has 0 aliphatic carbocycles. The molecule has 0 aromatic carbocycles. The first-order valence-corrected chi connectivity index (χ1v) is 10.2. The Labute approximate surface area is 152 Å². The predicted octanol–water partition coefficient (Wildman–Crippen LogP) is 4.63. The Kier molecular flexibility index (Phi) is 5.17. The number of nitrogens with zero attached hydrogens (tertiary/aromatic N) is 3. The van der Waals surface area contributed by atoms with E-state index in [9.17, 15) is 4.79 Å². The van der Waals surface area contributed by atoms with E-state index in [1.165, 1.54) is 11.3 Å². The molecule has 0 atom stereocenters. The molecule has 0 N–H and O–H groups in total. The highest BCUT2D eigenvalue weighted by Gasteiger charge is 2.17. The summed E-state index contributed by atoms with van der Waals surface area (Å²) in [4.78, 5) is 26.0. The van der Waals surface area contributed by atoms with Crippen molar-refractivity contribution in [2.75, 3.05) is 18.0 Å². The third-order valence-corrected chi connectivity index (χ3v) is 6.89. The molecule has 5 nitrogen and oxygen atoms in total. The van der Waals surface area contributed by atoms with E-state index in [1.807, 2.05) is 19.9 Å². The van der Waals surface area contributed by atoms with Gasteiger partial charge in [0.2, 0.25) is 0 Å². The van der Waals surface area contributed by atoms with E-state index < -0.39 is 0 Å². The van der Waals surface area contributed by atoms with Crippen molar-refractivity contribution in [1.29, 1.82) is 0 Å². The third-order valence-electron chi connectivity index (χ3n) is 3.65. The quantitative estimate of drug-likeness (QED) is 0.583. The average molecular weight is 382 g/mol. The van der Waals surface area contributed by atoms with Crippen LogP contribution in [0.5, 0.6) is 0 Å². The van der Waals surface area contributed by atoms with Gasteiger partial charge in [0.1, 0.15) is 16.3 Å². The molecule has 8 heteroatoms. The zero-order valence-corrected chi connectivity index (χ0v) is 16.5. The maximum Gasteiger partial charge on any atom is 0.348 e. The highest BCUT2D eigenvalue weighted by atomic mass is 32.1. The Morgan fingerprint density at radius 2 is 1.92 bits per heavy atom. The Morgan fingerprint density at radius 3 is 2.50 bits per heavy atom. The van der Waals surface area contributed by atoms with Crippen LogP contribution < -0.4 is 4.90 Å². The first kappa shape index (κ1) is 17.3. The molecule has 0 saturated heterocycles. The van der Waals surface area contributed by atoms with Crippen LogP contribution in [0.2, 0.25) is 0 Å². The fraction of sp³-hybridized carbons (Fsp3) is 0.438. The van der Waals surface area contributed by atoms with E-state index in [0.29, 0.717) is 4.88 Å². The van der Waals surface area contributed by atoms with E-state index in [4.69, 9.17) is 4.74 Å². The van der Waals surface area contributed by atoms with Gasteiger partial charge in [0.05, 0.1) is 20.3 Å². The van der Waals surface area contributed by atoms with Crippen LogP contribution >= 0.6 is 34.0 Å². The van der Waals surface area contributed by atoms with Crippen LogP contribution in [0.25, 0.3) is 9.53 Å². The number of ether oxygens (including phenoxy) is 1. The number of carbonyl (C=O) groups excluding carboxylic acids is 1. The van der Waals surface area contributed by atoms with Gasteiger partial charge in [-0.2, -0.15) is 0 Å². The van der Waals surface area contributed by atoms with Crippen molar-refractivity contribution in [2.24, 2.45) is 0 Å². The monoisotopic (exact) mass is 381 g/mol. The van der Waals surface area contributed by atoms with Crippen molar-refractivity contribution in [3.63, 3.8) is 0 Å². The fourth-order valence-corrected chi connectivity index (χ4v) is 5.45. The van der Waals surface area contributed by atoms with Gasteiger partial charge in [-0.15, -0.1) is 22.7 Å². The highest BCUT2D eigenvalue weighted by molar-refractivity contribution is 7.29. The summed E-state index contributed by atoms with van der Waals surface area (Å²) in [5.41, 5.74) is 0.933. The molecular weight excluding hydrogens is 362 g/mol. The summed E-state index contributed by atoms with van der Waals surface area (Å²) in [6.45, 7) is 10.3. The molecule has 128 valence electrons. The summed E-state index contributed by atoms with van der Waals surface area (Å²) in [6.07, 6.45) is 0. The first-order chi connectivity index (χ1) is 11.5. The minimum atomic E-state index is -0.292. The van der Waals surface area contributed by atoms with E-state index >= 15 is 0 Å². The van der Waals surface area contributed by atoms with Gasteiger partial charge in [-0.1, -0.05) is 11.3 Å². The largest absolute Gasteiger partial charge is 0.456 e. The zero-order valence-electron chi connectivity index (χ0n) is 14.1. The number of thiophene rings is 1. The Bertz CT molecular complexity index is 830. The van der Waals surface area contributed by atoms with E-state index in [-0.39, 0.29) is 12.6 Å². The second kappa shape index (κ2) is 7.16. The van der Waals surface area contributed by atoms with E-state index in [1.54, 1.807) is 22.7 Å². The van der Waals surface area contributed by atoms with Gasteiger partial charge in [0.25, 0.3) is 0 Å². The van der Waals surface area contributed by atoms with Crippen molar-refractivity contribution in [3.05, 3.63) is 26.5 Å². The SMILES string of the molecule is CCN(CC)c1nc2sc(C(=O)OCc3sc(C)nc3C)cc2s1. The molecule has 0 spiro atoms. The van der Waals surface area contributed by atoms with Crippen LogP contribution in [0, 0.1) is 13.8 Å². The van der Waals surface area contributed by atoms with Gasteiger partial charge in [0, 0.05) is 13.1 Å². The molecule has 0 unspecified atom stereocenters. The van der Waals surface area contributed by atoms with Crippen molar-refractivity contribution < 1.29 is 9.53 Å². The second-order valence-corrected chi connectivity index (χ2v) is 8.59. The third kappa shape index (κ3) is 3.45. The van der Waals surface area contributed by atoms with Crippen LogP contribution in [0.1, 0.15) is 39.1 Å².